The molecule has 0 saturated heterocycles. The molecule has 0 aliphatic heterocycles. The van der Waals surface area contributed by atoms with Gasteiger partial charge in [0.05, 0.1) is 23.4 Å². The first-order valence-electron chi connectivity index (χ1n) is 7.78. The van der Waals surface area contributed by atoms with E-state index < -0.39 is 0 Å². The zero-order chi connectivity index (χ0) is 19.2. The number of methoxy groups -OCH3 is 1. The third kappa shape index (κ3) is 4.85. The molecule has 0 fully saturated rings. The van der Waals surface area contributed by atoms with E-state index in [1.807, 2.05) is 24.3 Å². The van der Waals surface area contributed by atoms with E-state index in [1.165, 1.54) is 22.7 Å². The minimum Gasteiger partial charge on any atom is -0.497 e. The molecular weight excluding hydrogens is 407 g/mol. The Morgan fingerprint density at radius 3 is 2.74 bits per heavy atom. The fourth-order valence-electron chi connectivity index (χ4n) is 2.10. The second-order valence-corrected chi connectivity index (χ2v) is 7.05. The summed E-state index contributed by atoms with van der Waals surface area (Å²) in [5, 5.41) is 13.6. The first-order chi connectivity index (χ1) is 13.1. The van der Waals surface area contributed by atoms with Crippen LogP contribution in [0.15, 0.2) is 52.7 Å². The summed E-state index contributed by atoms with van der Waals surface area (Å²) in [5.74, 6) is 7.83. The second kappa shape index (κ2) is 8.98. The van der Waals surface area contributed by atoms with Gasteiger partial charge < -0.3 is 10.6 Å². The van der Waals surface area contributed by atoms with Crippen LogP contribution in [0.2, 0.25) is 10.0 Å². The maximum atomic E-state index is 6.11. The van der Waals surface area contributed by atoms with Crippen LogP contribution in [-0.4, -0.2) is 28.2 Å². The number of nitrogens with zero attached hydrogens (tertiary/aromatic N) is 4. The maximum absolute atomic E-state index is 6.11. The molecule has 0 radical (unpaired) electrons. The molecule has 1 heterocycles. The molecule has 0 aliphatic rings. The summed E-state index contributed by atoms with van der Waals surface area (Å²) in [6, 6.07) is 13.1. The molecule has 27 heavy (non-hydrogen) atoms. The van der Waals surface area contributed by atoms with Crippen LogP contribution in [-0.2, 0) is 5.75 Å². The lowest BCUT2D eigenvalue weighted by Gasteiger charge is -2.04. The molecule has 2 aromatic carbocycles. The van der Waals surface area contributed by atoms with Crippen molar-refractivity contribution in [3.05, 3.63) is 63.6 Å². The van der Waals surface area contributed by atoms with Crippen molar-refractivity contribution in [2.45, 2.75) is 10.9 Å². The highest BCUT2D eigenvalue weighted by atomic mass is 35.5. The monoisotopic (exact) mass is 422 g/mol. The van der Waals surface area contributed by atoms with Gasteiger partial charge in [-0.25, -0.2) is 10.1 Å². The highest BCUT2D eigenvalue weighted by Gasteiger charge is 2.10. The van der Waals surface area contributed by atoms with Gasteiger partial charge in [0.15, 0.2) is 0 Å². The Hall–Kier alpha value is -2.42. The van der Waals surface area contributed by atoms with Gasteiger partial charge in [-0.05, 0) is 23.8 Å². The van der Waals surface area contributed by atoms with Crippen molar-refractivity contribution in [3.63, 3.8) is 0 Å². The Balaban J connectivity index is 1.61. The Kier molecular flexibility index (Phi) is 6.44. The molecule has 0 unspecified atom stereocenters. The lowest BCUT2D eigenvalue weighted by molar-refractivity contribution is 0.414. The standard InChI is InChI=1S/C17H16Cl2N6OS/c1-26-13-7-5-11(6-8-13)10-27-17-24-23-16(25(17)20)22-21-9-12-3-2-4-14(18)15(12)19/h2-9H,10,20H2,1H3,(H,22,23)/b21-9+. The lowest BCUT2D eigenvalue weighted by Crippen LogP contribution is -2.13. The number of hydrogen-bond donors (Lipinski definition) is 2. The Bertz CT molecular complexity index is 945. The van der Waals surface area contributed by atoms with Crippen molar-refractivity contribution in [3.8, 4) is 5.75 Å². The predicted molar refractivity (Wildman–Crippen MR) is 110 cm³/mol. The molecule has 3 aromatic rings. The average Bonchev–Trinajstić information content (AvgIpc) is 3.04. The molecule has 0 spiro atoms. The molecule has 3 N–H and O–H groups in total. The van der Waals surface area contributed by atoms with E-state index in [4.69, 9.17) is 33.8 Å². The van der Waals surface area contributed by atoms with Gasteiger partial charge in [0.25, 0.3) is 5.95 Å². The quantitative estimate of drug-likeness (QED) is 0.258. The van der Waals surface area contributed by atoms with Gasteiger partial charge in [-0.15, -0.1) is 10.2 Å². The molecule has 0 bridgehead atoms. The lowest BCUT2D eigenvalue weighted by atomic mass is 10.2. The molecular formula is C17H16Cl2N6OS. The minimum atomic E-state index is 0.307. The average molecular weight is 423 g/mol. The fourth-order valence-corrected chi connectivity index (χ4v) is 3.27. The van der Waals surface area contributed by atoms with Crippen LogP contribution in [0.3, 0.4) is 0 Å². The smallest absolute Gasteiger partial charge is 0.264 e. The zero-order valence-corrected chi connectivity index (χ0v) is 16.6. The van der Waals surface area contributed by atoms with Gasteiger partial charge in [-0.1, -0.05) is 59.2 Å². The number of anilines is 1. The van der Waals surface area contributed by atoms with Crippen LogP contribution < -0.4 is 16.0 Å². The van der Waals surface area contributed by atoms with Gasteiger partial charge in [0.2, 0.25) is 5.16 Å². The Labute approximate surface area is 170 Å². The molecule has 0 aliphatic carbocycles. The number of benzene rings is 2. The molecule has 1 aromatic heterocycles. The maximum Gasteiger partial charge on any atom is 0.264 e. The van der Waals surface area contributed by atoms with E-state index in [9.17, 15) is 0 Å². The van der Waals surface area contributed by atoms with Crippen LogP contribution in [0.1, 0.15) is 11.1 Å². The zero-order valence-electron chi connectivity index (χ0n) is 14.3. The van der Waals surface area contributed by atoms with Gasteiger partial charge in [-0.2, -0.15) is 5.10 Å². The van der Waals surface area contributed by atoms with Crippen molar-refractivity contribution in [2.24, 2.45) is 5.10 Å². The Morgan fingerprint density at radius 1 is 1.22 bits per heavy atom. The number of hydrazone groups is 1. The SMILES string of the molecule is COc1ccc(CSc2nnc(N/N=C/c3cccc(Cl)c3Cl)n2N)cc1. The highest BCUT2D eigenvalue weighted by Crippen LogP contribution is 2.25. The molecule has 0 saturated carbocycles. The van der Waals surface area contributed by atoms with Gasteiger partial charge in [0.1, 0.15) is 5.75 Å². The topological polar surface area (TPSA) is 90.4 Å². The first-order valence-corrected chi connectivity index (χ1v) is 9.52. The molecule has 140 valence electrons. The van der Waals surface area contributed by atoms with E-state index >= 15 is 0 Å². The van der Waals surface area contributed by atoms with Crippen molar-refractivity contribution in [2.75, 3.05) is 18.4 Å². The van der Waals surface area contributed by atoms with Gasteiger partial charge in [0, 0.05) is 11.3 Å². The second-order valence-electron chi connectivity index (χ2n) is 5.33. The number of halogens is 2. The summed E-state index contributed by atoms with van der Waals surface area (Å²) in [6.45, 7) is 0. The van der Waals surface area contributed by atoms with Crippen LogP contribution in [0.5, 0.6) is 5.75 Å². The van der Waals surface area contributed by atoms with Crippen LogP contribution in [0.4, 0.5) is 5.95 Å². The molecule has 7 nitrogen and oxygen atoms in total. The fraction of sp³-hybridized carbons (Fsp3) is 0.118. The number of nitrogen functional groups attached to an aromatic ring is 1. The summed E-state index contributed by atoms with van der Waals surface area (Å²) in [4.78, 5) is 0. The highest BCUT2D eigenvalue weighted by molar-refractivity contribution is 7.98. The summed E-state index contributed by atoms with van der Waals surface area (Å²) in [7, 11) is 1.64. The first kappa shape index (κ1) is 19.3. The van der Waals surface area contributed by atoms with Crippen molar-refractivity contribution in [1.29, 1.82) is 0 Å². The third-order valence-corrected chi connectivity index (χ3v) is 5.39. The van der Waals surface area contributed by atoms with Crippen molar-refractivity contribution >= 4 is 47.1 Å². The Morgan fingerprint density at radius 2 is 2.00 bits per heavy atom. The van der Waals surface area contributed by atoms with E-state index in [0.29, 0.717) is 32.5 Å². The van der Waals surface area contributed by atoms with Crippen LogP contribution in [0, 0.1) is 0 Å². The number of aromatic nitrogens is 3. The minimum absolute atomic E-state index is 0.307. The van der Waals surface area contributed by atoms with Crippen molar-refractivity contribution in [1.82, 2.24) is 14.9 Å². The van der Waals surface area contributed by atoms with E-state index in [2.05, 4.69) is 20.7 Å². The number of thioether (sulfide) groups is 1. The number of rotatable bonds is 7. The molecule has 3 rings (SSSR count). The molecule has 10 heteroatoms. The number of nitrogens with one attached hydrogen (secondary N) is 1. The summed E-state index contributed by atoms with van der Waals surface area (Å²) < 4.78 is 6.49. The van der Waals surface area contributed by atoms with Gasteiger partial charge >= 0.3 is 0 Å². The van der Waals surface area contributed by atoms with E-state index in [-0.39, 0.29) is 0 Å². The van der Waals surface area contributed by atoms with Crippen LogP contribution in [0.25, 0.3) is 0 Å². The largest absolute Gasteiger partial charge is 0.497 e. The summed E-state index contributed by atoms with van der Waals surface area (Å²) in [6.07, 6.45) is 1.53. The van der Waals surface area contributed by atoms with Gasteiger partial charge in [-0.3, -0.25) is 0 Å². The molecule has 0 atom stereocenters. The molecule has 0 amide bonds. The number of hydrogen-bond acceptors (Lipinski definition) is 7. The summed E-state index contributed by atoms with van der Waals surface area (Å²) >= 11 is 13.5. The number of ether oxygens (including phenoxy) is 1. The summed E-state index contributed by atoms with van der Waals surface area (Å²) in [5.41, 5.74) is 4.54. The van der Waals surface area contributed by atoms with Crippen molar-refractivity contribution < 1.29 is 4.74 Å². The van der Waals surface area contributed by atoms with Crippen LogP contribution >= 0.6 is 35.0 Å². The number of nitrogens with two attached hydrogens (primary N) is 1. The van der Waals surface area contributed by atoms with E-state index in [1.54, 1.807) is 25.3 Å². The van der Waals surface area contributed by atoms with E-state index in [0.717, 1.165) is 11.3 Å². The predicted octanol–water partition coefficient (Wildman–Crippen LogP) is 4.05. The normalized spacial score (nSPS) is 11.1. The third-order valence-electron chi connectivity index (χ3n) is 3.54.